The van der Waals surface area contributed by atoms with Crippen LogP contribution in [0, 0.1) is 5.41 Å². The predicted octanol–water partition coefficient (Wildman–Crippen LogP) is 0.408. The van der Waals surface area contributed by atoms with E-state index in [9.17, 15) is 73.2 Å². The summed E-state index contributed by atoms with van der Waals surface area (Å²) in [7, 11) is -16.5. The minimum absolute atomic E-state index is 0.0200. The Hall–Kier alpha value is -2.64. The molecule has 0 bridgehead atoms. The van der Waals surface area contributed by atoms with Gasteiger partial charge in [0.1, 0.15) is 42.4 Å². The first kappa shape index (κ1) is 61.9. The molecule has 0 aliphatic carbocycles. The smallest absolute Gasteiger partial charge is 0.393 e. The number of carbonyl (C=O) groups is 3. The Labute approximate surface area is 418 Å². The molecular weight excluding hydrogens is 1040 g/mol. The molecule has 4 rings (SSSR count). The average Bonchev–Trinajstić information content (AvgIpc) is 3.84. The molecule has 2 unspecified atom stereocenters. The molecule has 13 N–H and O–H groups in total. The SMILES string of the molecule is C[C@H](CCCCCCC[C@@H](O)CC(=O)SCCNC(=O)CCNC(=O)[C@H](O)C(C)(C)COP(=O)(O)OP(=O)(O)OC[C@H]1O[C@@H](n2cnc3c(N)ncnc32)[C@H](O)[C@@H]1OP(=O)(O)O)O[C@@H]1O[C@@H](C)[C@H](O)C[C@H]1O. The topological polar surface area (TPSA) is 443 Å². The van der Waals surface area contributed by atoms with Gasteiger partial charge in [-0.1, -0.05) is 57.7 Å². The van der Waals surface area contributed by atoms with Gasteiger partial charge in [-0.15, -0.1) is 0 Å². The molecule has 0 radical (unpaired) electrons. The average molecular weight is 1110 g/mol. The van der Waals surface area contributed by atoms with Crippen molar-refractivity contribution in [1.29, 1.82) is 0 Å². The second-order valence-corrected chi connectivity index (χ2v) is 23.4. The number of nitrogens with one attached hydrogen (secondary N) is 2. The van der Waals surface area contributed by atoms with Gasteiger partial charge in [0.15, 0.2) is 29.1 Å². The molecule has 4 heterocycles. The maximum Gasteiger partial charge on any atom is 0.481 e. The van der Waals surface area contributed by atoms with E-state index in [1.54, 1.807) is 6.92 Å². The van der Waals surface area contributed by atoms with Crippen molar-refractivity contribution in [2.45, 2.75) is 159 Å². The number of carbonyl (C=O) groups excluding carboxylic acids is 3. The summed E-state index contributed by atoms with van der Waals surface area (Å²) in [6.07, 6.45) is -4.95. The lowest BCUT2D eigenvalue weighted by Gasteiger charge is -2.36. The van der Waals surface area contributed by atoms with Gasteiger partial charge >= 0.3 is 23.5 Å². The van der Waals surface area contributed by atoms with Crippen molar-refractivity contribution in [2.24, 2.45) is 5.41 Å². The summed E-state index contributed by atoms with van der Waals surface area (Å²) in [6, 6.07) is 0. The van der Waals surface area contributed by atoms with Crippen LogP contribution in [0.3, 0.4) is 0 Å². The molecule has 0 spiro atoms. The number of nitrogen functional groups attached to an aromatic ring is 1. The molecular formula is C39H68N7O22P3S. The Morgan fingerprint density at radius 3 is 2.29 bits per heavy atom. The third kappa shape index (κ3) is 20.1. The van der Waals surface area contributed by atoms with E-state index in [1.165, 1.54) is 13.8 Å². The van der Waals surface area contributed by atoms with E-state index >= 15 is 0 Å². The molecule has 33 heteroatoms. The van der Waals surface area contributed by atoms with Crippen molar-refractivity contribution in [1.82, 2.24) is 30.2 Å². The fourth-order valence-electron chi connectivity index (χ4n) is 7.35. The van der Waals surface area contributed by atoms with Crippen LogP contribution in [-0.4, -0.2) is 175 Å². The van der Waals surface area contributed by atoms with Crippen LogP contribution in [0.5, 0.6) is 0 Å². The van der Waals surface area contributed by atoms with Crippen LogP contribution in [-0.2, 0) is 60.2 Å². The predicted molar refractivity (Wildman–Crippen MR) is 252 cm³/mol. The van der Waals surface area contributed by atoms with Gasteiger partial charge in [0.25, 0.3) is 0 Å². The maximum atomic E-state index is 12.8. The number of rotatable bonds is 31. The number of imidazole rings is 1. The Balaban J connectivity index is 1.07. The van der Waals surface area contributed by atoms with Gasteiger partial charge < -0.3 is 75.7 Å². The largest absolute Gasteiger partial charge is 0.481 e. The highest BCUT2D eigenvalue weighted by Gasteiger charge is 2.50. The monoisotopic (exact) mass is 1110 g/mol. The van der Waals surface area contributed by atoms with Crippen molar-refractivity contribution >= 4 is 69.1 Å². The molecule has 13 atom stereocenters. The van der Waals surface area contributed by atoms with Crippen LogP contribution >= 0.6 is 35.2 Å². The maximum absolute atomic E-state index is 12.8. The molecule has 2 saturated heterocycles. The molecule has 72 heavy (non-hydrogen) atoms. The Kier molecular flexibility index (Phi) is 24.0. The molecule has 412 valence electrons. The second-order valence-electron chi connectivity index (χ2n) is 18.0. The van der Waals surface area contributed by atoms with Crippen molar-refractivity contribution < 1.29 is 105 Å². The minimum atomic E-state index is -5.60. The second kappa shape index (κ2) is 27.9. The van der Waals surface area contributed by atoms with Crippen molar-refractivity contribution in [3.8, 4) is 0 Å². The lowest BCUT2D eigenvalue weighted by molar-refractivity contribution is -0.273. The summed E-state index contributed by atoms with van der Waals surface area (Å²) in [6.45, 7) is 3.93. The zero-order valence-electron chi connectivity index (χ0n) is 40.1. The van der Waals surface area contributed by atoms with Crippen LogP contribution < -0.4 is 16.4 Å². The summed E-state index contributed by atoms with van der Waals surface area (Å²) in [5.41, 5.74) is 4.22. The van der Waals surface area contributed by atoms with E-state index in [1.807, 2.05) is 6.92 Å². The lowest BCUT2D eigenvalue weighted by Crippen LogP contribution is -2.48. The summed E-state index contributed by atoms with van der Waals surface area (Å²) in [4.78, 5) is 88.5. The van der Waals surface area contributed by atoms with E-state index in [2.05, 4.69) is 34.4 Å². The molecule has 29 nitrogen and oxygen atoms in total. The van der Waals surface area contributed by atoms with Gasteiger partial charge in [-0.3, -0.25) is 32.5 Å². The molecule has 2 aromatic rings. The Morgan fingerprint density at radius 1 is 0.931 bits per heavy atom. The summed E-state index contributed by atoms with van der Waals surface area (Å²) < 4.78 is 73.8. The normalized spacial score (nSPS) is 25.8. The van der Waals surface area contributed by atoms with E-state index < -0.39 is 115 Å². The van der Waals surface area contributed by atoms with E-state index in [-0.39, 0.29) is 66.3 Å². The zero-order valence-corrected chi connectivity index (χ0v) is 43.6. The number of phosphoric acid groups is 3. The molecule has 2 aliphatic heterocycles. The number of phosphoric ester groups is 3. The number of nitrogens with zero attached hydrogens (tertiary/aromatic N) is 4. The first-order valence-electron chi connectivity index (χ1n) is 23.0. The highest BCUT2D eigenvalue weighted by atomic mass is 32.2. The fourth-order valence-corrected chi connectivity index (χ4v) is 10.9. The zero-order chi connectivity index (χ0) is 53.6. The van der Waals surface area contributed by atoms with Gasteiger partial charge in [0.2, 0.25) is 11.8 Å². The van der Waals surface area contributed by atoms with Crippen molar-refractivity contribution in [3.05, 3.63) is 12.7 Å². The summed E-state index contributed by atoms with van der Waals surface area (Å²) in [5.74, 6) is -1.32. The fraction of sp³-hybridized carbons (Fsp3) is 0.795. The number of aromatic nitrogens is 4. The van der Waals surface area contributed by atoms with Crippen molar-refractivity contribution in [2.75, 3.05) is 37.8 Å². The molecule has 2 amide bonds. The van der Waals surface area contributed by atoms with Gasteiger partial charge in [-0.05, 0) is 26.7 Å². The van der Waals surface area contributed by atoms with Crippen LogP contribution in [0.15, 0.2) is 12.7 Å². The lowest BCUT2D eigenvalue weighted by atomic mass is 9.87. The molecule has 0 saturated carbocycles. The first-order chi connectivity index (χ1) is 33.6. The summed E-state index contributed by atoms with van der Waals surface area (Å²) >= 11 is 0.955. The van der Waals surface area contributed by atoms with E-state index in [0.29, 0.717) is 6.42 Å². The first-order valence-corrected chi connectivity index (χ1v) is 28.5. The highest BCUT2D eigenvalue weighted by molar-refractivity contribution is 8.13. The number of anilines is 1. The Bertz CT molecular complexity index is 2230. The van der Waals surface area contributed by atoms with Crippen LogP contribution in [0.2, 0.25) is 0 Å². The van der Waals surface area contributed by atoms with Gasteiger partial charge in [0, 0.05) is 43.5 Å². The number of aliphatic hydroxyl groups excluding tert-OH is 5. The quantitative estimate of drug-likeness (QED) is 0.0359. The molecule has 0 aromatic carbocycles. The number of thioether (sulfide) groups is 1. The summed E-state index contributed by atoms with van der Waals surface area (Å²) in [5, 5.41) is 56.5. The number of amides is 2. The number of nitrogens with two attached hydrogens (primary N) is 1. The standard InChI is InChI=1S/C39H68N7O22P3S/c1-22(64-38-26(49)17-25(48)23(2)65-38)10-8-6-5-7-9-11-24(47)16-29(51)72-15-14-41-28(50)12-13-42-36(54)33(53)39(3,4)19-63-71(60,61)68-70(58,59)62-18-27-32(67-69(55,56)57)31(52)37(66-27)46-21-45-30-34(40)43-20-44-35(30)46/h20-27,31-33,37-38,47-49,52-53H,5-19H2,1-4H3,(H,41,50)(H,42,54)(H,58,59)(H,60,61)(H2,40,43,44)(H2,55,56,57)/t22-,23+,24-,25-,26-,27-,31-,32-,33+,37-,38-/m1/s1. The highest BCUT2D eigenvalue weighted by Crippen LogP contribution is 2.61. The third-order valence-electron chi connectivity index (χ3n) is 11.4. The molecule has 2 aliphatic rings. The third-order valence-corrected chi connectivity index (χ3v) is 15.4. The van der Waals surface area contributed by atoms with E-state index in [0.717, 1.165) is 67.5 Å². The number of unbranched alkanes of at least 4 members (excludes halogenated alkanes) is 4. The number of ether oxygens (including phenoxy) is 3. The number of fused-ring (bicyclic) bond motifs is 1. The van der Waals surface area contributed by atoms with Gasteiger partial charge in [-0.2, -0.15) is 4.31 Å². The Morgan fingerprint density at radius 2 is 1.60 bits per heavy atom. The number of hydrogen-bond acceptors (Lipinski definition) is 23. The number of aliphatic hydroxyl groups is 5. The van der Waals surface area contributed by atoms with E-state index in [4.69, 9.17) is 29.0 Å². The van der Waals surface area contributed by atoms with Crippen LogP contribution in [0.4, 0.5) is 5.82 Å². The van der Waals surface area contributed by atoms with Crippen molar-refractivity contribution in [3.63, 3.8) is 0 Å². The van der Waals surface area contributed by atoms with Gasteiger partial charge in [-0.25, -0.2) is 28.6 Å². The van der Waals surface area contributed by atoms with Crippen LogP contribution in [0.25, 0.3) is 11.2 Å². The van der Waals surface area contributed by atoms with Gasteiger partial charge in [0.05, 0.1) is 44.0 Å². The molecule has 2 fully saturated rings. The number of hydrogen-bond donors (Lipinski definition) is 12. The molecule has 2 aromatic heterocycles. The van der Waals surface area contributed by atoms with Crippen LogP contribution in [0.1, 0.15) is 98.1 Å². The minimum Gasteiger partial charge on any atom is -0.393 e.